The van der Waals surface area contributed by atoms with Gasteiger partial charge in [0.15, 0.2) is 0 Å². The van der Waals surface area contributed by atoms with E-state index in [0.29, 0.717) is 18.2 Å². The van der Waals surface area contributed by atoms with Gasteiger partial charge in [0.25, 0.3) is 0 Å². The molecule has 0 unspecified atom stereocenters. The Bertz CT molecular complexity index is 94.9. The van der Waals surface area contributed by atoms with Gasteiger partial charge in [-0.15, -0.1) is 0 Å². The second kappa shape index (κ2) is 2.67. The molecule has 0 saturated carbocycles. The van der Waals surface area contributed by atoms with E-state index in [-0.39, 0.29) is 0 Å². The Morgan fingerprint density at radius 2 is 2.00 bits per heavy atom. The molecule has 1 N–H and O–H groups in total. The van der Waals surface area contributed by atoms with E-state index in [2.05, 4.69) is 26.1 Å². The van der Waals surface area contributed by atoms with Crippen LogP contribution in [0.15, 0.2) is 0 Å². The summed E-state index contributed by atoms with van der Waals surface area (Å²) >= 11 is 0. The van der Waals surface area contributed by atoms with Gasteiger partial charge in [-0.05, 0) is 20.8 Å². The Hall–Kier alpha value is -0.0800. The largest absolute Gasteiger partial charge is 0.373 e. The zero-order chi connectivity index (χ0) is 6.85. The van der Waals surface area contributed by atoms with Gasteiger partial charge in [0.05, 0.1) is 12.2 Å². The third kappa shape index (κ3) is 1.66. The fraction of sp³-hybridized carbons (Fsp3) is 1.00. The van der Waals surface area contributed by atoms with Gasteiger partial charge in [-0.2, -0.15) is 0 Å². The van der Waals surface area contributed by atoms with Gasteiger partial charge < -0.3 is 10.1 Å². The van der Waals surface area contributed by atoms with Crippen molar-refractivity contribution < 1.29 is 4.74 Å². The molecule has 0 aromatic heterocycles. The Morgan fingerprint density at radius 1 is 1.33 bits per heavy atom. The molecule has 0 spiro atoms. The first-order valence-corrected chi connectivity index (χ1v) is 3.59. The molecule has 2 heteroatoms. The monoisotopic (exact) mass is 129 g/mol. The molecule has 0 amide bonds. The summed E-state index contributed by atoms with van der Waals surface area (Å²) in [7, 11) is 0. The third-order valence-corrected chi connectivity index (χ3v) is 1.88. The highest BCUT2D eigenvalue weighted by Gasteiger charge is 2.20. The minimum atomic E-state index is 0.369. The van der Waals surface area contributed by atoms with Crippen LogP contribution in [0, 0.1) is 0 Å². The number of morpholine rings is 1. The lowest BCUT2D eigenvalue weighted by atomic mass is 10.1. The standard InChI is InChI=1S/C7H15NO/c1-5-4-8-6(2)7(3)9-5/h5-8H,4H2,1-3H3/t5-,6+,7-/m1/s1. The van der Waals surface area contributed by atoms with Gasteiger partial charge in [0, 0.05) is 12.6 Å². The first-order chi connectivity index (χ1) is 4.20. The zero-order valence-corrected chi connectivity index (χ0v) is 6.35. The topological polar surface area (TPSA) is 21.3 Å². The van der Waals surface area contributed by atoms with Crippen LogP contribution < -0.4 is 5.32 Å². The van der Waals surface area contributed by atoms with Crippen molar-refractivity contribution in [1.29, 1.82) is 0 Å². The van der Waals surface area contributed by atoms with Gasteiger partial charge in [-0.3, -0.25) is 0 Å². The van der Waals surface area contributed by atoms with Crippen molar-refractivity contribution in [2.24, 2.45) is 0 Å². The smallest absolute Gasteiger partial charge is 0.0701 e. The molecule has 0 aromatic rings. The number of hydrogen-bond acceptors (Lipinski definition) is 2. The molecule has 0 aromatic carbocycles. The molecular formula is C7H15NO. The quantitative estimate of drug-likeness (QED) is 0.521. The average molecular weight is 129 g/mol. The molecule has 1 aliphatic heterocycles. The molecule has 1 saturated heterocycles. The van der Waals surface area contributed by atoms with E-state index in [0.717, 1.165) is 6.54 Å². The van der Waals surface area contributed by atoms with Crippen LogP contribution in [0.3, 0.4) is 0 Å². The van der Waals surface area contributed by atoms with Gasteiger partial charge in [-0.1, -0.05) is 0 Å². The summed E-state index contributed by atoms with van der Waals surface area (Å²) in [4.78, 5) is 0. The zero-order valence-electron chi connectivity index (χ0n) is 6.35. The summed E-state index contributed by atoms with van der Waals surface area (Å²) in [5.74, 6) is 0. The average Bonchev–Trinajstić information content (AvgIpc) is 1.80. The number of ether oxygens (including phenoxy) is 1. The van der Waals surface area contributed by atoms with Crippen molar-refractivity contribution in [3.63, 3.8) is 0 Å². The Balaban J connectivity index is 2.35. The normalized spacial score (nSPS) is 45.0. The van der Waals surface area contributed by atoms with Crippen molar-refractivity contribution in [2.45, 2.75) is 39.0 Å². The van der Waals surface area contributed by atoms with Gasteiger partial charge in [-0.25, -0.2) is 0 Å². The number of nitrogens with one attached hydrogen (secondary N) is 1. The maximum Gasteiger partial charge on any atom is 0.0701 e. The van der Waals surface area contributed by atoms with Crippen LogP contribution in [0.4, 0.5) is 0 Å². The fourth-order valence-corrected chi connectivity index (χ4v) is 1.05. The first kappa shape index (κ1) is 7.03. The Labute approximate surface area is 56.6 Å². The van der Waals surface area contributed by atoms with E-state index in [1.807, 2.05) is 0 Å². The van der Waals surface area contributed by atoms with E-state index in [9.17, 15) is 0 Å². The Kier molecular flexibility index (Phi) is 2.09. The molecule has 0 aliphatic carbocycles. The summed E-state index contributed by atoms with van der Waals surface area (Å²) in [6.07, 6.45) is 0.755. The predicted octanol–water partition coefficient (Wildman–Crippen LogP) is 0.772. The third-order valence-electron chi connectivity index (χ3n) is 1.88. The molecule has 9 heavy (non-hydrogen) atoms. The molecule has 0 radical (unpaired) electrons. The van der Waals surface area contributed by atoms with Crippen LogP contribution >= 0.6 is 0 Å². The van der Waals surface area contributed by atoms with Crippen LogP contribution in [-0.4, -0.2) is 24.8 Å². The summed E-state index contributed by atoms with van der Waals surface area (Å²) in [5, 5.41) is 3.36. The summed E-state index contributed by atoms with van der Waals surface area (Å²) in [6.45, 7) is 7.34. The van der Waals surface area contributed by atoms with E-state index in [1.54, 1.807) is 0 Å². The molecule has 1 fully saturated rings. The molecule has 3 atom stereocenters. The van der Waals surface area contributed by atoms with Crippen LogP contribution in [0.5, 0.6) is 0 Å². The van der Waals surface area contributed by atoms with Crippen molar-refractivity contribution in [2.75, 3.05) is 6.54 Å². The molecule has 1 heterocycles. The summed E-state index contributed by atoms with van der Waals surface area (Å²) in [5.41, 5.74) is 0. The van der Waals surface area contributed by atoms with Crippen molar-refractivity contribution >= 4 is 0 Å². The van der Waals surface area contributed by atoms with Crippen molar-refractivity contribution in [1.82, 2.24) is 5.32 Å². The van der Waals surface area contributed by atoms with Gasteiger partial charge >= 0.3 is 0 Å². The Morgan fingerprint density at radius 3 is 2.44 bits per heavy atom. The lowest BCUT2D eigenvalue weighted by molar-refractivity contribution is -0.0395. The van der Waals surface area contributed by atoms with Crippen molar-refractivity contribution in [3.8, 4) is 0 Å². The molecule has 2 nitrogen and oxygen atoms in total. The molecular weight excluding hydrogens is 114 g/mol. The lowest BCUT2D eigenvalue weighted by Gasteiger charge is -2.31. The highest BCUT2D eigenvalue weighted by molar-refractivity contribution is 4.76. The second-order valence-electron chi connectivity index (χ2n) is 2.85. The van der Waals surface area contributed by atoms with Gasteiger partial charge in [0.2, 0.25) is 0 Å². The van der Waals surface area contributed by atoms with Crippen LogP contribution in [0.1, 0.15) is 20.8 Å². The molecule has 1 rings (SSSR count). The first-order valence-electron chi connectivity index (χ1n) is 3.59. The van der Waals surface area contributed by atoms with E-state index in [1.165, 1.54) is 0 Å². The number of rotatable bonds is 0. The molecule has 1 aliphatic rings. The molecule has 0 bridgehead atoms. The second-order valence-corrected chi connectivity index (χ2v) is 2.85. The highest BCUT2D eigenvalue weighted by atomic mass is 16.5. The van der Waals surface area contributed by atoms with Crippen LogP contribution in [0.2, 0.25) is 0 Å². The summed E-state index contributed by atoms with van der Waals surface area (Å²) in [6, 6.07) is 0.515. The van der Waals surface area contributed by atoms with E-state index < -0.39 is 0 Å². The maximum atomic E-state index is 5.54. The molecule has 54 valence electrons. The van der Waals surface area contributed by atoms with Crippen LogP contribution in [-0.2, 0) is 4.74 Å². The van der Waals surface area contributed by atoms with Gasteiger partial charge in [0.1, 0.15) is 0 Å². The lowest BCUT2D eigenvalue weighted by Crippen LogP contribution is -2.48. The van der Waals surface area contributed by atoms with E-state index in [4.69, 9.17) is 4.74 Å². The minimum Gasteiger partial charge on any atom is -0.373 e. The predicted molar refractivity (Wildman–Crippen MR) is 37.5 cm³/mol. The number of hydrogen-bond donors (Lipinski definition) is 1. The summed E-state index contributed by atoms with van der Waals surface area (Å²) < 4.78 is 5.54. The maximum absolute atomic E-state index is 5.54. The SMILES string of the molecule is C[C@@H]1CN[C@@H](C)[C@@H](C)O1. The minimum absolute atomic E-state index is 0.369. The fourth-order valence-electron chi connectivity index (χ4n) is 1.05. The van der Waals surface area contributed by atoms with Crippen molar-refractivity contribution in [3.05, 3.63) is 0 Å². The highest BCUT2D eigenvalue weighted by Crippen LogP contribution is 2.07. The van der Waals surface area contributed by atoms with Crippen LogP contribution in [0.25, 0.3) is 0 Å². The van der Waals surface area contributed by atoms with E-state index >= 15 is 0 Å².